The minimum absolute atomic E-state index is 0.337. The number of phenols is 1. The first-order valence-corrected chi connectivity index (χ1v) is 8.10. The van der Waals surface area contributed by atoms with Crippen LogP contribution in [0.2, 0.25) is 0 Å². The Morgan fingerprint density at radius 3 is 2.14 bits per heavy atom. The van der Waals surface area contributed by atoms with E-state index < -0.39 is 0 Å². The molecule has 0 amide bonds. The fourth-order valence-corrected chi connectivity index (χ4v) is 2.56. The number of rotatable bonds is 8. The molecule has 2 rings (SSSR count). The van der Waals surface area contributed by atoms with Gasteiger partial charge >= 0.3 is 0 Å². The van der Waals surface area contributed by atoms with Crippen molar-refractivity contribution >= 4 is 11.4 Å². The predicted octanol–water partition coefficient (Wildman–Crippen LogP) is 4.63. The van der Waals surface area contributed by atoms with Crippen LogP contribution in [-0.2, 0) is 6.54 Å². The van der Waals surface area contributed by atoms with E-state index in [0.717, 1.165) is 37.2 Å². The first kappa shape index (κ1) is 16.2. The number of anilines is 2. The molecule has 0 heterocycles. The molecule has 0 saturated heterocycles. The first-order chi connectivity index (χ1) is 10.7. The van der Waals surface area contributed by atoms with Crippen LogP contribution in [-0.4, -0.2) is 18.2 Å². The van der Waals surface area contributed by atoms with Gasteiger partial charge in [0.1, 0.15) is 5.75 Å². The second-order valence-electron chi connectivity index (χ2n) is 5.52. The Balaban J connectivity index is 1.98. The molecule has 0 bridgehead atoms. The van der Waals surface area contributed by atoms with E-state index in [1.165, 1.54) is 5.69 Å². The Morgan fingerprint density at radius 2 is 1.55 bits per heavy atom. The smallest absolute Gasteiger partial charge is 0.120 e. The lowest BCUT2D eigenvalue weighted by Gasteiger charge is -2.24. The number of para-hydroxylation sites is 1. The fourth-order valence-electron chi connectivity index (χ4n) is 2.56. The van der Waals surface area contributed by atoms with E-state index in [1.54, 1.807) is 6.07 Å². The Bertz CT molecular complexity index is 560. The van der Waals surface area contributed by atoms with Gasteiger partial charge in [-0.2, -0.15) is 0 Å². The molecule has 0 aliphatic carbocycles. The third-order valence-electron chi connectivity index (χ3n) is 3.69. The molecular formula is C19H26N2O. The van der Waals surface area contributed by atoms with E-state index in [-0.39, 0.29) is 0 Å². The van der Waals surface area contributed by atoms with Crippen molar-refractivity contribution in [3.8, 4) is 5.75 Å². The highest BCUT2D eigenvalue weighted by atomic mass is 16.3. The van der Waals surface area contributed by atoms with Gasteiger partial charge in [-0.05, 0) is 43.2 Å². The molecule has 22 heavy (non-hydrogen) atoms. The lowest BCUT2D eigenvalue weighted by atomic mass is 10.2. The van der Waals surface area contributed by atoms with Gasteiger partial charge in [0, 0.05) is 36.6 Å². The lowest BCUT2D eigenvalue weighted by molar-refractivity contribution is 0.469. The summed E-state index contributed by atoms with van der Waals surface area (Å²) in [5.41, 5.74) is 3.25. The summed E-state index contributed by atoms with van der Waals surface area (Å²) >= 11 is 0. The van der Waals surface area contributed by atoms with E-state index in [9.17, 15) is 5.11 Å². The molecular weight excluding hydrogens is 272 g/mol. The number of hydrogen-bond acceptors (Lipinski definition) is 3. The normalized spacial score (nSPS) is 10.5. The van der Waals surface area contributed by atoms with Gasteiger partial charge in [0.25, 0.3) is 0 Å². The number of hydrogen-bond donors (Lipinski definition) is 2. The quantitative estimate of drug-likeness (QED) is 0.746. The summed E-state index contributed by atoms with van der Waals surface area (Å²) < 4.78 is 0. The molecule has 0 aromatic heterocycles. The van der Waals surface area contributed by atoms with Gasteiger partial charge in [-0.25, -0.2) is 0 Å². The highest BCUT2D eigenvalue weighted by Gasteiger charge is 2.04. The monoisotopic (exact) mass is 298 g/mol. The molecule has 2 aromatic rings. The van der Waals surface area contributed by atoms with E-state index in [1.807, 2.05) is 18.2 Å². The third kappa shape index (κ3) is 4.42. The Morgan fingerprint density at radius 1 is 0.909 bits per heavy atom. The number of nitrogens with one attached hydrogen (secondary N) is 1. The molecule has 0 atom stereocenters. The first-order valence-electron chi connectivity index (χ1n) is 8.10. The summed E-state index contributed by atoms with van der Waals surface area (Å²) in [4.78, 5) is 2.42. The highest BCUT2D eigenvalue weighted by molar-refractivity contribution is 5.55. The predicted molar refractivity (Wildman–Crippen MR) is 94.7 cm³/mol. The van der Waals surface area contributed by atoms with E-state index >= 15 is 0 Å². The van der Waals surface area contributed by atoms with Gasteiger partial charge in [-0.15, -0.1) is 0 Å². The van der Waals surface area contributed by atoms with Gasteiger partial charge in [0.05, 0.1) is 0 Å². The Hall–Kier alpha value is -2.16. The molecule has 0 aliphatic heterocycles. The molecule has 0 fully saturated rings. The molecule has 0 saturated carbocycles. The number of aromatic hydroxyl groups is 1. The summed E-state index contributed by atoms with van der Waals surface area (Å²) in [6, 6.07) is 16.0. The van der Waals surface area contributed by atoms with Gasteiger partial charge in [-0.1, -0.05) is 32.0 Å². The SMILES string of the molecule is CCCN(CCC)c1ccc(NCc2ccccc2O)cc1. The summed E-state index contributed by atoms with van der Waals surface area (Å²) in [5.74, 6) is 0.337. The Kier molecular flexibility index (Phi) is 6.13. The van der Waals surface area contributed by atoms with Crippen molar-refractivity contribution in [3.05, 3.63) is 54.1 Å². The van der Waals surface area contributed by atoms with Crippen LogP contribution in [0.1, 0.15) is 32.3 Å². The third-order valence-corrected chi connectivity index (χ3v) is 3.69. The van der Waals surface area contributed by atoms with Gasteiger partial charge < -0.3 is 15.3 Å². The zero-order valence-corrected chi connectivity index (χ0v) is 13.5. The van der Waals surface area contributed by atoms with Crippen LogP contribution < -0.4 is 10.2 Å². The van der Waals surface area contributed by atoms with E-state index in [0.29, 0.717) is 12.3 Å². The van der Waals surface area contributed by atoms with Crippen molar-refractivity contribution in [1.82, 2.24) is 0 Å². The van der Waals surface area contributed by atoms with E-state index in [4.69, 9.17) is 0 Å². The summed E-state index contributed by atoms with van der Waals surface area (Å²) in [6.07, 6.45) is 2.32. The van der Waals surface area contributed by atoms with Crippen molar-refractivity contribution < 1.29 is 5.11 Å². The molecule has 3 nitrogen and oxygen atoms in total. The van der Waals surface area contributed by atoms with Gasteiger partial charge in [0.15, 0.2) is 0 Å². The number of benzene rings is 2. The topological polar surface area (TPSA) is 35.5 Å². The van der Waals surface area contributed by atoms with Gasteiger partial charge in [-0.3, -0.25) is 0 Å². The number of phenolic OH excluding ortho intramolecular Hbond substituents is 1. The van der Waals surface area contributed by atoms with Crippen LogP contribution in [0.3, 0.4) is 0 Å². The standard InChI is InChI=1S/C19H26N2O/c1-3-13-21(14-4-2)18-11-9-17(10-12-18)20-15-16-7-5-6-8-19(16)22/h5-12,20,22H,3-4,13-15H2,1-2H3. The second kappa shape index (κ2) is 8.32. The lowest BCUT2D eigenvalue weighted by Crippen LogP contribution is -2.24. The largest absolute Gasteiger partial charge is 0.508 e. The van der Waals surface area contributed by atoms with Crippen LogP contribution in [0.5, 0.6) is 5.75 Å². The molecule has 2 aromatic carbocycles. The average Bonchev–Trinajstić information content (AvgIpc) is 2.54. The molecule has 0 spiro atoms. The fraction of sp³-hybridized carbons (Fsp3) is 0.368. The van der Waals surface area contributed by atoms with Crippen LogP contribution in [0.4, 0.5) is 11.4 Å². The van der Waals surface area contributed by atoms with Crippen molar-refractivity contribution in [2.75, 3.05) is 23.3 Å². The second-order valence-corrected chi connectivity index (χ2v) is 5.52. The van der Waals surface area contributed by atoms with Crippen molar-refractivity contribution in [2.24, 2.45) is 0 Å². The molecule has 3 heteroatoms. The summed E-state index contributed by atoms with van der Waals surface area (Å²) in [7, 11) is 0. The van der Waals surface area contributed by atoms with Crippen LogP contribution in [0.25, 0.3) is 0 Å². The molecule has 0 aliphatic rings. The summed E-state index contributed by atoms with van der Waals surface area (Å²) in [5, 5.41) is 13.1. The summed E-state index contributed by atoms with van der Waals surface area (Å²) in [6.45, 7) is 7.24. The molecule has 2 N–H and O–H groups in total. The maximum absolute atomic E-state index is 9.78. The van der Waals surface area contributed by atoms with Gasteiger partial charge in [0.2, 0.25) is 0 Å². The van der Waals surface area contributed by atoms with Crippen molar-refractivity contribution in [2.45, 2.75) is 33.2 Å². The van der Waals surface area contributed by atoms with Crippen molar-refractivity contribution in [1.29, 1.82) is 0 Å². The maximum Gasteiger partial charge on any atom is 0.120 e. The number of nitrogens with zero attached hydrogens (tertiary/aromatic N) is 1. The zero-order chi connectivity index (χ0) is 15.8. The Labute approximate surface area is 133 Å². The average molecular weight is 298 g/mol. The molecule has 0 unspecified atom stereocenters. The molecule has 0 radical (unpaired) electrons. The van der Waals surface area contributed by atoms with E-state index in [2.05, 4.69) is 48.3 Å². The van der Waals surface area contributed by atoms with Crippen molar-refractivity contribution in [3.63, 3.8) is 0 Å². The minimum Gasteiger partial charge on any atom is -0.508 e. The zero-order valence-electron chi connectivity index (χ0n) is 13.5. The maximum atomic E-state index is 9.78. The van der Waals surface area contributed by atoms with Crippen LogP contribution in [0.15, 0.2) is 48.5 Å². The van der Waals surface area contributed by atoms with Crippen LogP contribution in [0, 0.1) is 0 Å². The van der Waals surface area contributed by atoms with Crippen LogP contribution >= 0.6 is 0 Å². The highest BCUT2D eigenvalue weighted by Crippen LogP contribution is 2.21. The minimum atomic E-state index is 0.337. The molecule has 118 valence electrons.